The molecule has 174 valence electrons. The number of aliphatic hydroxyl groups is 1. The molecule has 0 unspecified atom stereocenters. The van der Waals surface area contributed by atoms with E-state index in [9.17, 15) is 14.3 Å². The van der Waals surface area contributed by atoms with Crippen LogP contribution in [0, 0.1) is 12.7 Å². The van der Waals surface area contributed by atoms with E-state index in [1.54, 1.807) is 12.1 Å². The minimum absolute atomic E-state index is 0.0981. The Morgan fingerprint density at radius 2 is 1.71 bits per heavy atom. The number of allylic oxidation sites excluding steroid dienone is 4. The molecule has 2 N–H and O–H groups in total. The maximum Gasteiger partial charge on any atom is 0.201 e. The Hall–Kier alpha value is -4.18. The smallest absolute Gasteiger partial charge is 0.201 e. The molecule has 1 aromatic heterocycles. The van der Waals surface area contributed by atoms with Gasteiger partial charge in [-0.2, -0.15) is 0 Å². The molecular formula is C31H26FNO2. The largest absolute Gasteiger partial charge is 0.506 e. The maximum atomic E-state index is 14.2. The van der Waals surface area contributed by atoms with E-state index in [4.69, 9.17) is 0 Å². The van der Waals surface area contributed by atoms with Gasteiger partial charge in [0.15, 0.2) is 0 Å². The highest BCUT2D eigenvalue weighted by Gasteiger charge is 2.39. The van der Waals surface area contributed by atoms with Gasteiger partial charge in [0, 0.05) is 21.9 Å². The lowest BCUT2D eigenvalue weighted by atomic mass is 9.73. The van der Waals surface area contributed by atoms with Crippen molar-refractivity contribution in [2.45, 2.75) is 26.2 Å². The van der Waals surface area contributed by atoms with Gasteiger partial charge >= 0.3 is 0 Å². The number of Topliss-reactive ketones (excluding diaryl/α,β-unsaturated/α-hetero) is 1. The van der Waals surface area contributed by atoms with Crippen molar-refractivity contribution < 1.29 is 14.3 Å². The Balaban J connectivity index is 1.63. The molecule has 35 heavy (non-hydrogen) atoms. The number of nitrogens with one attached hydrogen (secondary N) is 1. The van der Waals surface area contributed by atoms with Gasteiger partial charge in [-0.1, -0.05) is 75.0 Å². The number of halogens is 1. The second-order valence-electron chi connectivity index (χ2n) is 9.51. The lowest BCUT2D eigenvalue weighted by molar-refractivity contribution is -0.111. The number of benzene rings is 3. The van der Waals surface area contributed by atoms with Crippen LogP contribution in [-0.2, 0) is 10.2 Å². The molecule has 5 rings (SSSR count). The van der Waals surface area contributed by atoms with Crippen LogP contribution in [-0.4, -0.2) is 15.9 Å². The van der Waals surface area contributed by atoms with Crippen molar-refractivity contribution >= 4 is 22.3 Å². The first-order chi connectivity index (χ1) is 16.7. The van der Waals surface area contributed by atoms with Gasteiger partial charge in [-0.15, -0.1) is 0 Å². The summed E-state index contributed by atoms with van der Waals surface area (Å²) in [6.45, 7) is 10.4. The SMILES string of the molecule is C=C(/C=C1/C(=O)C(c2c(-c3ccccc3)[nH]c3ccc(F)cc23)=C1O)C(C)(C)c1ccccc1C. The molecule has 0 amide bonds. The minimum Gasteiger partial charge on any atom is -0.506 e. The van der Waals surface area contributed by atoms with E-state index in [-0.39, 0.29) is 22.7 Å². The van der Waals surface area contributed by atoms with Crippen LogP contribution in [0.2, 0.25) is 0 Å². The first-order valence-corrected chi connectivity index (χ1v) is 11.5. The Morgan fingerprint density at radius 1 is 1.03 bits per heavy atom. The molecule has 3 nitrogen and oxygen atoms in total. The monoisotopic (exact) mass is 463 g/mol. The quantitative estimate of drug-likeness (QED) is 0.300. The number of ketones is 1. The van der Waals surface area contributed by atoms with Crippen LogP contribution in [0.1, 0.15) is 30.5 Å². The van der Waals surface area contributed by atoms with E-state index >= 15 is 0 Å². The number of aromatic nitrogens is 1. The van der Waals surface area contributed by atoms with Crippen molar-refractivity contribution in [1.82, 2.24) is 4.98 Å². The lowest BCUT2D eigenvalue weighted by Gasteiger charge is -2.30. The average Bonchev–Trinajstić information content (AvgIpc) is 3.21. The summed E-state index contributed by atoms with van der Waals surface area (Å²) >= 11 is 0. The van der Waals surface area contributed by atoms with Gasteiger partial charge < -0.3 is 10.1 Å². The Morgan fingerprint density at radius 3 is 2.40 bits per heavy atom. The summed E-state index contributed by atoms with van der Waals surface area (Å²) < 4.78 is 14.2. The second-order valence-corrected chi connectivity index (χ2v) is 9.51. The summed E-state index contributed by atoms with van der Waals surface area (Å²) in [5.41, 5.74) is 5.63. The lowest BCUT2D eigenvalue weighted by Crippen LogP contribution is -2.25. The number of rotatable bonds is 5. The van der Waals surface area contributed by atoms with Gasteiger partial charge in [-0.3, -0.25) is 4.79 Å². The number of hydrogen-bond donors (Lipinski definition) is 2. The van der Waals surface area contributed by atoms with E-state index in [0.717, 1.165) is 16.7 Å². The van der Waals surface area contributed by atoms with Gasteiger partial charge in [-0.05, 0) is 53.5 Å². The maximum absolute atomic E-state index is 14.2. The predicted molar refractivity (Wildman–Crippen MR) is 140 cm³/mol. The first kappa shape index (κ1) is 22.6. The molecule has 4 heteroatoms. The zero-order valence-corrected chi connectivity index (χ0v) is 19.9. The highest BCUT2D eigenvalue weighted by Crippen LogP contribution is 2.45. The van der Waals surface area contributed by atoms with Crippen LogP contribution in [0.5, 0.6) is 0 Å². The van der Waals surface area contributed by atoms with Gasteiger partial charge in [0.1, 0.15) is 11.6 Å². The van der Waals surface area contributed by atoms with Crippen molar-refractivity contribution in [1.29, 1.82) is 0 Å². The van der Waals surface area contributed by atoms with E-state index < -0.39 is 11.2 Å². The van der Waals surface area contributed by atoms with Crippen LogP contribution >= 0.6 is 0 Å². The number of carbonyl (C=O) groups excluding carboxylic acids is 1. The Bertz CT molecular complexity index is 1570. The van der Waals surface area contributed by atoms with Gasteiger partial charge in [0.2, 0.25) is 5.78 Å². The molecule has 1 aliphatic carbocycles. The number of H-pyrrole nitrogens is 1. The van der Waals surface area contributed by atoms with Crippen molar-refractivity contribution in [3.05, 3.63) is 125 Å². The molecule has 0 atom stereocenters. The zero-order chi connectivity index (χ0) is 24.9. The summed E-state index contributed by atoms with van der Waals surface area (Å²) in [6, 6.07) is 22.0. The fourth-order valence-corrected chi connectivity index (χ4v) is 4.83. The number of aliphatic hydroxyl groups excluding tert-OH is 1. The van der Waals surface area contributed by atoms with E-state index in [2.05, 4.69) is 31.5 Å². The van der Waals surface area contributed by atoms with Crippen LogP contribution in [0.15, 0.2) is 102 Å². The summed E-state index contributed by atoms with van der Waals surface area (Å²) in [4.78, 5) is 16.7. The standard InChI is InChI=1S/C31H26FNO2/c1-18-10-8-9-13-24(18)31(3,4)19(2)16-23-29(34)27(30(23)35)26-22-17-21(32)14-15-25(22)33-28(26)20-11-6-5-7-12-20/h5-17,33-34H,2H2,1,3-4H3/b23-16+. The molecule has 0 aliphatic heterocycles. The fraction of sp³-hybridized carbons (Fsp3) is 0.129. The highest BCUT2D eigenvalue weighted by atomic mass is 19.1. The number of hydrogen-bond acceptors (Lipinski definition) is 2. The zero-order valence-electron chi connectivity index (χ0n) is 19.9. The summed E-state index contributed by atoms with van der Waals surface area (Å²) in [6.07, 6.45) is 1.67. The molecular weight excluding hydrogens is 437 g/mol. The molecule has 0 fully saturated rings. The Kier molecular flexibility index (Phi) is 5.32. The summed E-state index contributed by atoms with van der Waals surface area (Å²) in [5, 5.41) is 11.6. The number of aromatic amines is 1. The van der Waals surface area contributed by atoms with Crippen molar-refractivity contribution in [2.24, 2.45) is 0 Å². The van der Waals surface area contributed by atoms with Crippen molar-refractivity contribution in [2.75, 3.05) is 0 Å². The molecule has 3 aromatic carbocycles. The van der Waals surface area contributed by atoms with E-state index in [1.807, 2.05) is 55.5 Å². The van der Waals surface area contributed by atoms with E-state index in [1.165, 1.54) is 12.1 Å². The second kappa shape index (κ2) is 8.24. The third-order valence-corrected chi connectivity index (χ3v) is 6.98. The number of carbonyl (C=O) groups is 1. The van der Waals surface area contributed by atoms with Gasteiger partial charge in [0.25, 0.3) is 0 Å². The minimum atomic E-state index is -0.437. The average molecular weight is 464 g/mol. The van der Waals surface area contributed by atoms with Crippen LogP contribution < -0.4 is 0 Å². The highest BCUT2D eigenvalue weighted by molar-refractivity contribution is 6.41. The topological polar surface area (TPSA) is 53.1 Å². The predicted octanol–water partition coefficient (Wildman–Crippen LogP) is 7.59. The molecule has 4 aromatic rings. The van der Waals surface area contributed by atoms with Crippen LogP contribution in [0.4, 0.5) is 4.39 Å². The van der Waals surface area contributed by atoms with Crippen LogP contribution in [0.25, 0.3) is 27.7 Å². The summed E-state index contributed by atoms with van der Waals surface area (Å²) in [5.74, 6) is -0.793. The molecule has 0 spiro atoms. The molecule has 0 saturated heterocycles. The van der Waals surface area contributed by atoms with Crippen molar-refractivity contribution in [3.63, 3.8) is 0 Å². The third kappa shape index (κ3) is 3.62. The normalized spacial score (nSPS) is 15.1. The van der Waals surface area contributed by atoms with Crippen LogP contribution in [0.3, 0.4) is 0 Å². The Labute approximate surface area is 203 Å². The molecule has 0 bridgehead atoms. The molecule has 0 saturated carbocycles. The first-order valence-electron chi connectivity index (χ1n) is 11.5. The molecule has 0 radical (unpaired) electrons. The van der Waals surface area contributed by atoms with Crippen molar-refractivity contribution in [3.8, 4) is 11.3 Å². The number of fused-ring (bicyclic) bond motifs is 1. The van der Waals surface area contributed by atoms with E-state index in [0.29, 0.717) is 27.7 Å². The molecule has 1 aliphatic rings. The summed E-state index contributed by atoms with van der Waals surface area (Å²) in [7, 11) is 0. The third-order valence-electron chi connectivity index (χ3n) is 6.98. The van der Waals surface area contributed by atoms with Gasteiger partial charge in [0.05, 0.1) is 16.8 Å². The number of aryl methyl sites for hydroxylation is 1. The molecule has 1 heterocycles. The van der Waals surface area contributed by atoms with Gasteiger partial charge in [-0.25, -0.2) is 4.39 Å². The fourth-order valence-electron chi connectivity index (χ4n) is 4.83.